The standard InChI is InChI=1S/C15H19N5O2/c1-19-11(6-7-17-19)2-5-14(21)18-12-3-4-13(15(12)22)20-9-8-16-10-20/h2,5-10,12-13,15,22H,3-4H2,1H3,(H,18,21)/b5-2+/t12-,13-,15-/m1/s1. The predicted octanol–water partition coefficient (Wildman–Crippen LogP) is 0.511. The molecule has 2 aromatic heterocycles. The van der Waals surface area contributed by atoms with E-state index >= 15 is 0 Å². The van der Waals surface area contributed by atoms with Crippen LogP contribution in [0.3, 0.4) is 0 Å². The first-order valence-electron chi connectivity index (χ1n) is 7.27. The van der Waals surface area contributed by atoms with Crippen LogP contribution in [-0.2, 0) is 11.8 Å². The number of rotatable bonds is 4. The largest absolute Gasteiger partial charge is 0.389 e. The van der Waals surface area contributed by atoms with Crippen LogP contribution < -0.4 is 5.32 Å². The number of aliphatic hydroxyl groups excluding tert-OH is 1. The first kappa shape index (κ1) is 14.5. The van der Waals surface area contributed by atoms with Gasteiger partial charge in [0.1, 0.15) is 0 Å². The number of hydrogen-bond acceptors (Lipinski definition) is 4. The molecule has 2 heterocycles. The summed E-state index contributed by atoms with van der Waals surface area (Å²) in [5.74, 6) is -0.212. The summed E-state index contributed by atoms with van der Waals surface area (Å²) < 4.78 is 3.57. The molecule has 2 aromatic rings. The van der Waals surface area contributed by atoms with Gasteiger partial charge in [-0.25, -0.2) is 4.98 Å². The summed E-state index contributed by atoms with van der Waals surface area (Å²) in [6.07, 6.45) is 11.0. The van der Waals surface area contributed by atoms with Crippen LogP contribution in [0.2, 0.25) is 0 Å². The van der Waals surface area contributed by atoms with Crippen LogP contribution in [0, 0.1) is 0 Å². The maximum Gasteiger partial charge on any atom is 0.244 e. The van der Waals surface area contributed by atoms with Gasteiger partial charge in [0.25, 0.3) is 0 Å². The number of hydrogen-bond donors (Lipinski definition) is 2. The minimum atomic E-state index is -0.608. The molecule has 7 heteroatoms. The molecule has 0 unspecified atom stereocenters. The number of carbonyl (C=O) groups is 1. The highest BCUT2D eigenvalue weighted by atomic mass is 16.3. The van der Waals surface area contributed by atoms with E-state index in [1.807, 2.05) is 23.9 Å². The van der Waals surface area contributed by atoms with Gasteiger partial charge in [0.2, 0.25) is 5.91 Å². The highest BCUT2D eigenvalue weighted by Crippen LogP contribution is 2.30. The molecule has 2 N–H and O–H groups in total. The maximum atomic E-state index is 12.0. The number of carbonyl (C=O) groups excluding carboxylic acids is 1. The maximum absolute atomic E-state index is 12.0. The summed E-state index contributed by atoms with van der Waals surface area (Å²) in [5, 5.41) is 17.3. The van der Waals surface area contributed by atoms with Crippen molar-refractivity contribution in [3.8, 4) is 0 Å². The molecule has 0 radical (unpaired) electrons. The van der Waals surface area contributed by atoms with Gasteiger partial charge in [-0.3, -0.25) is 9.48 Å². The summed E-state index contributed by atoms with van der Waals surface area (Å²) >= 11 is 0. The quantitative estimate of drug-likeness (QED) is 0.806. The van der Waals surface area contributed by atoms with E-state index in [9.17, 15) is 9.90 Å². The van der Waals surface area contributed by atoms with Crippen LogP contribution in [0.5, 0.6) is 0 Å². The number of aliphatic hydroxyl groups is 1. The number of aromatic nitrogens is 4. The van der Waals surface area contributed by atoms with Gasteiger partial charge in [0.15, 0.2) is 0 Å². The highest BCUT2D eigenvalue weighted by Gasteiger charge is 2.36. The lowest BCUT2D eigenvalue weighted by molar-refractivity contribution is -0.117. The van der Waals surface area contributed by atoms with Crippen molar-refractivity contribution in [3.05, 3.63) is 42.8 Å². The van der Waals surface area contributed by atoms with Gasteiger partial charge in [-0.15, -0.1) is 0 Å². The molecule has 22 heavy (non-hydrogen) atoms. The summed E-state index contributed by atoms with van der Waals surface area (Å²) in [6.45, 7) is 0. The molecule has 1 amide bonds. The monoisotopic (exact) mass is 301 g/mol. The van der Waals surface area contributed by atoms with Crippen molar-refractivity contribution < 1.29 is 9.90 Å². The third kappa shape index (κ3) is 2.94. The Kier molecular flexibility index (Phi) is 4.06. The molecule has 1 saturated carbocycles. The second-order valence-electron chi connectivity index (χ2n) is 5.47. The molecular formula is C15H19N5O2. The smallest absolute Gasteiger partial charge is 0.244 e. The summed E-state index contributed by atoms with van der Waals surface area (Å²) in [6, 6.07) is 1.55. The van der Waals surface area contributed by atoms with Crippen LogP contribution in [0.15, 0.2) is 37.1 Å². The van der Waals surface area contributed by atoms with Crippen molar-refractivity contribution in [3.63, 3.8) is 0 Å². The second-order valence-corrected chi connectivity index (χ2v) is 5.47. The van der Waals surface area contributed by atoms with Crippen molar-refractivity contribution >= 4 is 12.0 Å². The van der Waals surface area contributed by atoms with E-state index in [0.717, 1.165) is 18.5 Å². The SMILES string of the molecule is Cn1nccc1/C=C/C(=O)N[C@@H]1CC[C@@H](n2ccnc2)[C@@H]1O. The van der Waals surface area contributed by atoms with Gasteiger partial charge in [0.05, 0.1) is 30.2 Å². The van der Waals surface area contributed by atoms with Crippen molar-refractivity contribution in [1.82, 2.24) is 24.6 Å². The molecule has 0 bridgehead atoms. The van der Waals surface area contributed by atoms with Crippen molar-refractivity contribution in [1.29, 1.82) is 0 Å². The Morgan fingerprint density at radius 3 is 3.00 bits per heavy atom. The van der Waals surface area contributed by atoms with Crippen molar-refractivity contribution in [2.24, 2.45) is 7.05 Å². The Morgan fingerprint density at radius 1 is 1.45 bits per heavy atom. The second kappa shape index (κ2) is 6.15. The molecular weight excluding hydrogens is 282 g/mol. The molecule has 1 fully saturated rings. The topological polar surface area (TPSA) is 85.0 Å². The van der Waals surface area contributed by atoms with Crippen molar-refractivity contribution in [2.75, 3.05) is 0 Å². The van der Waals surface area contributed by atoms with E-state index in [1.165, 1.54) is 6.08 Å². The normalized spacial score (nSPS) is 24.9. The Morgan fingerprint density at radius 2 is 2.32 bits per heavy atom. The van der Waals surface area contributed by atoms with E-state index in [4.69, 9.17) is 0 Å². The van der Waals surface area contributed by atoms with Crippen molar-refractivity contribution in [2.45, 2.75) is 31.0 Å². The number of nitrogens with one attached hydrogen (secondary N) is 1. The fourth-order valence-electron chi connectivity index (χ4n) is 2.85. The average molecular weight is 301 g/mol. The Balaban J connectivity index is 1.58. The van der Waals surface area contributed by atoms with E-state index in [0.29, 0.717) is 0 Å². The van der Waals surface area contributed by atoms with Gasteiger partial charge in [-0.05, 0) is 25.0 Å². The predicted molar refractivity (Wildman–Crippen MR) is 80.7 cm³/mol. The first-order chi connectivity index (χ1) is 10.6. The number of imidazole rings is 1. The summed E-state index contributed by atoms with van der Waals surface area (Å²) in [5.41, 5.74) is 0.846. The molecule has 1 aliphatic carbocycles. The van der Waals surface area contributed by atoms with Crippen LogP contribution >= 0.6 is 0 Å². The lowest BCUT2D eigenvalue weighted by atomic mass is 10.1. The van der Waals surface area contributed by atoms with Gasteiger partial charge in [-0.1, -0.05) is 0 Å². The van der Waals surface area contributed by atoms with Crippen LogP contribution in [0.4, 0.5) is 0 Å². The molecule has 3 atom stereocenters. The molecule has 3 rings (SSSR count). The lowest BCUT2D eigenvalue weighted by Crippen LogP contribution is -2.41. The summed E-state index contributed by atoms with van der Waals surface area (Å²) in [4.78, 5) is 16.0. The number of nitrogens with zero attached hydrogens (tertiary/aromatic N) is 4. The zero-order valence-electron chi connectivity index (χ0n) is 12.3. The third-order valence-electron chi connectivity index (χ3n) is 4.08. The van der Waals surface area contributed by atoms with Gasteiger partial charge in [-0.2, -0.15) is 5.10 Å². The molecule has 0 saturated heterocycles. The summed E-state index contributed by atoms with van der Waals surface area (Å²) in [7, 11) is 1.81. The average Bonchev–Trinajstić information content (AvgIpc) is 3.21. The Hall–Kier alpha value is -2.41. The molecule has 0 aromatic carbocycles. The van der Waals surface area contributed by atoms with Gasteiger partial charge >= 0.3 is 0 Å². The minimum absolute atomic E-state index is 0.0335. The highest BCUT2D eigenvalue weighted by molar-refractivity contribution is 5.91. The number of amides is 1. The van der Waals surface area contributed by atoms with E-state index in [2.05, 4.69) is 15.4 Å². The van der Waals surface area contributed by atoms with Crippen LogP contribution in [0.25, 0.3) is 6.08 Å². The van der Waals surface area contributed by atoms with Crippen LogP contribution in [0.1, 0.15) is 24.6 Å². The third-order valence-corrected chi connectivity index (χ3v) is 4.08. The minimum Gasteiger partial charge on any atom is -0.389 e. The molecule has 0 spiro atoms. The van der Waals surface area contributed by atoms with E-state index in [1.54, 1.807) is 29.5 Å². The van der Waals surface area contributed by atoms with Gasteiger partial charge in [0, 0.05) is 31.7 Å². The molecule has 7 nitrogen and oxygen atoms in total. The molecule has 0 aliphatic heterocycles. The van der Waals surface area contributed by atoms with E-state index < -0.39 is 6.10 Å². The van der Waals surface area contributed by atoms with E-state index in [-0.39, 0.29) is 18.0 Å². The first-order valence-corrected chi connectivity index (χ1v) is 7.27. The Bertz CT molecular complexity index is 661. The van der Waals surface area contributed by atoms with Crippen LogP contribution in [-0.4, -0.2) is 42.5 Å². The fraction of sp³-hybridized carbons (Fsp3) is 0.400. The fourth-order valence-corrected chi connectivity index (χ4v) is 2.85. The Labute approximate surface area is 128 Å². The number of aryl methyl sites for hydroxylation is 1. The molecule has 1 aliphatic rings. The van der Waals surface area contributed by atoms with Gasteiger partial charge < -0.3 is 15.0 Å². The lowest BCUT2D eigenvalue weighted by Gasteiger charge is -2.20. The zero-order valence-corrected chi connectivity index (χ0v) is 12.3. The zero-order chi connectivity index (χ0) is 15.5. The molecule has 116 valence electrons.